The van der Waals surface area contributed by atoms with Gasteiger partial charge in [0.2, 0.25) is 5.91 Å². The summed E-state index contributed by atoms with van der Waals surface area (Å²) in [5.74, 6) is 1.05. The number of carbonyl (C=O) groups is 1. The van der Waals surface area contributed by atoms with Crippen molar-refractivity contribution in [1.29, 1.82) is 0 Å². The van der Waals surface area contributed by atoms with E-state index in [0.717, 1.165) is 12.1 Å². The molecule has 2 aromatic rings. The number of nitrogens with zero attached hydrogens (tertiary/aromatic N) is 1. The van der Waals surface area contributed by atoms with Gasteiger partial charge in [-0.3, -0.25) is 9.69 Å². The Kier molecular flexibility index (Phi) is 9.64. The molecule has 5 nitrogen and oxygen atoms in total. The summed E-state index contributed by atoms with van der Waals surface area (Å²) in [7, 11) is 1.62. The van der Waals surface area contributed by atoms with Crippen LogP contribution in [0.4, 0.5) is 5.69 Å². The second kappa shape index (κ2) is 12.7. The molecule has 0 radical (unpaired) electrons. The van der Waals surface area contributed by atoms with Crippen LogP contribution in [0.25, 0.3) is 6.08 Å². The third-order valence-corrected chi connectivity index (χ3v) is 6.26. The highest BCUT2D eigenvalue weighted by Crippen LogP contribution is 2.31. The van der Waals surface area contributed by atoms with Crippen LogP contribution in [0.15, 0.2) is 48.5 Å². The summed E-state index contributed by atoms with van der Waals surface area (Å²) < 4.78 is 11.6. The Morgan fingerprint density at radius 3 is 2.64 bits per heavy atom. The van der Waals surface area contributed by atoms with Crippen molar-refractivity contribution in [2.45, 2.75) is 58.0 Å². The molecule has 0 aliphatic heterocycles. The fourth-order valence-electron chi connectivity index (χ4n) is 4.37. The summed E-state index contributed by atoms with van der Waals surface area (Å²) in [6.07, 6.45) is 9.74. The quantitative estimate of drug-likeness (QED) is 0.407. The second-order valence-corrected chi connectivity index (χ2v) is 9.15. The van der Waals surface area contributed by atoms with Crippen LogP contribution < -0.4 is 14.8 Å². The molecule has 33 heavy (non-hydrogen) atoms. The Balaban J connectivity index is 1.59. The van der Waals surface area contributed by atoms with Crippen molar-refractivity contribution in [2.75, 3.05) is 25.6 Å². The number of amides is 1. The molecule has 0 aromatic heterocycles. The minimum absolute atomic E-state index is 0.227. The van der Waals surface area contributed by atoms with E-state index in [1.165, 1.54) is 38.2 Å². The van der Waals surface area contributed by atoms with Crippen LogP contribution in [0, 0.1) is 0 Å². The van der Waals surface area contributed by atoms with Crippen molar-refractivity contribution in [3.05, 3.63) is 59.1 Å². The van der Waals surface area contributed by atoms with Gasteiger partial charge in [0, 0.05) is 41.5 Å². The molecule has 3 rings (SSSR count). The Morgan fingerprint density at radius 2 is 1.94 bits per heavy atom. The molecule has 6 heteroatoms. The molecule has 0 bridgehead atoms. The summed E-state index contributed by atoms with van der Waals surface area (Å²) in [6.45, 7) is 5.94. The van der Waals surface area contributed by atoms with E-state index in [-0.39, 0.29) is 5.91 Å². The number of nitrogens with one attached hydrogen (secondary N) is 1. The third-order valence-electron chi connectivity index (χ3n) is 6.02. The first-order valence-electron chi connectivity index (χ1n) is 11.8. The van der Waals surface area contributed by atoms with E-state index in [9.17, 15) is 4.79 Å². The Hall–Kier alpha value is -2.50. The average molecular weight is 471 g/mol. The lowest BCUT2D eigenvalue weighted by molar-refractivity contribution is -0.111. The SMILES string of the molecule is COc1ccc(NC(=O)/C=C/c2cccc(Cl)c2)cc1OCCN(C(C)C)C1CCCCC1. The number of anilines is 1. The van der Waals surface area contributed by atoms with Gasteiger partial charge in [-0.15, -0.1) is 0 Å². The Morgan fingerprint density at radius 1 is 1.15 bits per heavy atom. The van der Waals surface area contributed by atoms with E-state index in [1.807, 2.05) is 24.3 Å². The molecule has 0 atom stereocenters. The smallest absolute Gasteiger partial charge is 0.248 e. The van der Waals surface area contributed by atoms with Gasteiger partial charge in [-0.2, -0.15) is 0 Å². The van der Waals surface area contributed by atoms with Crippen molar-refractivity contribution >= 4 is 29.3 Å². The molecular weight excluding hydrogens is 436 g/mol. The Bertz CT molecular complexity index is 939. The molecule has 2 aromatic carbocycles. The summed E-state index contributed by atoms with van der Waals surface area (Å²) in [6, 6.07) is 13.9. The van der Waals surface area contributed by atoms with Crippen LogP contribution in [0.3, 0.4) is 0 Å². The first kappa shape index (κ1) is 25.1. The number of rotatable bonds is 10. The third kappa shape index (κ3) is 7.79. The zero-order valence-corrected chi connectivity index (χ0v) is 20.6. The van der Waals surface area contributed by atoms with E-state index in [1.54, 1.807) is 31.4 Å². The lowest BCUT2D eigenvalue weighted by atomic mass is 9.93. The summed E-state index contributed by atoms with van der Waals surface area (Å²) in [5, 5.41) is 3.52. The summed E-state index contributed by atoms with van der Waals surface area (Å²) >= 11 is 6.00. The maximum atomic E-state index is 12.4. The van der Waals surface area contributed by atoms with E-state index in [4.69, 9.17) is 21.1 Å². The van der Waals surface area contributed by atoms with Gasteiger partial charge in [0.25, 0.3) is 0 Å². The van der Waals surface area contributed by atoms with Gasteiger partial charge >= 0.3 is 0 Å². The summed E-state index contributed by atoms with van der Waals surface area (Å²) in [5.41, 5.74) is 1.52. The number of methoxy groups -OCH3 is 1. The first-order valence-corrected chi connectivity index (χ1v) is 12.2. The van der Waals surface area contributed by atoms with Gasteiger partial charge < -0.3 is 14.8 Å². The average Bonchev–Trinajstić information content (AvgIpc) is 2.81. The minimum Gasteiger partial charge on any atom is -0.493 e. The number of halogens is 1. The standard InChI is InChI=1S/C27H35ClN2O3/c1-20(2)30(24-10-5-4-6-11-24)16-17-33-26-19-23(13-14-25(26)32-3)29-27(31)15-12-21-8-7-9-22(28)18-21/h7-9,12-15,18-20,24H,4-6,10-11,16-17H2,1-3H3,(H,29,31)/b15-12+. The molecule has 1 fully saturated rings. The van der Waals surface area contributed by atoms with Crippen LogP contribution in [0.1, 0.15) is 51.5 Å². The molecule has 0 unspecified atom stereocenters. The first-order chi connectivity index (χ1) is 16.0. The normalized spacial score (nSPS) is 14.7. The summed E-state index contributed by atoms with van der Waals surface area (Å²) in [4.78, 5) is 14.9. The topological polar surface area (TPSA) is 50.8 Å². The van der Waals surface area contributed by atoms with Gasteiger partial charge in [0.1, 0.15) is 6.61 Å². The van der Waals surface area contributed by atoms with Crippen LogP contribution >= 0.6 is 11.6 Å². The van der Waals surface area contributed by atoms with Crippen LogP contribution in [-0.4, -0.2) is 43.2 Å². The number of benzene rings is 2. The maximum absolute atomic E-state index is 12.4. The number of hydrogen-bond acceptors (Lipinski definition) is 4. The highest BCUT2D eigenvalue weighted by molar-refractivity contribution is 6.30. The minimum atomic E-state index is -0.227. The number of hydrogen-bond donors (Lipinski definition) is 1. The zero-order chi connectivity index (χ0) is 23.6. The van der Waals surface area contributed by atoms with Gasteiger partial charge in [-0.1, -0.05) is 43.0 Å². The van der Waals surface area contributed by atoms with Crippen molar-refractivity contribution in [2.24, 2.45) is 0 Å². The van der Waals surface area contributed by atoms with Crippen molar-refractivity contribution in [3.8, 4) is 11.5 Å². The fourth-order valence-corrected chi connectivity index (χ4v) is 4.57. The molecule has 1 saturated carbocycles. The van der Waals surface area contributed by atoms with Gasteiger partial charge in [0.15, 0.2) is 11.5 Å². The van der Waals surface area contributed by atoms with Gasteiger partial charge in [-0.25, -0.2) is 0 Å². The predicted octanol–water partition coefficient (Wildman–Crippen LogP) is 6.42. The van der Waals surface area contributed by atoms with E-state index in [2.05, 4.69) is 24.1 Å². The van der Waals surface area contributed by atoms with Crippen LogP contribution in [0.5, 0.6) is 11.5 Å². The molecule has 0 heterocycles. The maximum Gasteiger partial charge on any atom is 0.248 e. The Labute approximate surface area is 202 Å². The molecular formula is C27H35ClN2O3. The van der Waals surface area contributed by atoms with Gasteiger partial charge in [0.05, 0.1) is 7.11 Å². The van der Waals surface area contributed by atoms with Crippen molar-refractivity contribution < 1.29 is 14.3 Å². The highest BCUT2D eigenvalue weighted by Gasteiger charge is 2.23. The van der Waals surface area contributed by atoms with Crippen molar-refractivity contribution in [3.63, 3.8) is 0 Å². The molecule has 1 aliphatic carbocycles. The highest BCUT2D eigenvalue weighted by atomic mass is 35.5. The van der Waals surface area contributed by atoms with Gasteiger partial charge in [-0.05, 0) is 62.6 Å². The van der Waals surface area contributed by atoms with Crippen LogP contribution in [0.2, 0.25) is 5.02 Å². The molecule has 0 spiro atoms. The number of ether oxygens (including phenoxy) is 2. The fraction of sp³-hybridized carbons (Fsp3) is 0.444. The molecule has 178 valence electrons. The predicted molar refractivity (Wildman–Crippen MR) is 136 cm³/mol. The van der Waals surface area contributed by atoms with E-state index in [0.29, 0.717) is 40.9 Å². The lowest BCUT2D eigenvalue weighted by Gasteiger charge is -2.37. The molecule has 1 N–H and O–H groups in total. The van der Waals surface area contributed by atoms with Crippen LogP contribution in [-0.2, 0) is 4.79 Å². The van der Waals surface area contributed by atoms with Crippen molar-refractivity contribution in [1.82, 2.24) is 4.90 Å². The van der Waals surface area contributed by atoms with E-state index >= 15 is 0 Å². The number of carbonyl (C=O) groups excluding carboxylic acids is 1. The second-order valence-electron chi connectivity index (χ2n) is 8.72. The monoisotopic (exact) mass is 470 g/mol. The van der Waals surface area contributed by atoms with E-state index < -0.39 is 0 Å². The lowest BCUT2D eigenvalue weighted by Crippen LogP contribution is -2.43. The molecule has 1 aliphatic rings. The largest absolute Gasteiger partial charge is 0.493 e. The molecule has 1 amide bonds. The zero-order valence-electron chi connectivity index (χ0n) is 19.9. The molecule has 0 saturated heterocycles.